The monoisotopic (exact) mass is 299 g/mol. The molecule has 0 aromatic heterocycles. The Labute approximate surface area is 125 Å². The average Bonchev–Trinajstić information content (AvgIpc) is 2.84. The van der Waals surface area contributed by atoms with E-state index in [0.717, 1.165) is 6.42 Å². The van der Waals surface area contributed by atoms with E-state index in [1.807, 2.05) is 0 Å². The van der Waals surface area contributed by atoms with Gasteiger partial charge in [-0.25, -0.2) is 4.79 Å². The van der Waals surface area contributed by atoms with Crippen molar-refractivity contribution in [2.24, 2.45) is 0 Å². The van der Waals surface area contributed by atoms with Gasteiger partial charge >= 0.3 is 6.09 Å². The Hall–Kier alpha value is -1.79. The van der Waals surface area contributed by atoms with Crippen molar-refractivity contribution in [2.75, 3.05) is 13.6 Å². The highest BCUT2D eigenvalue weighted by Crippen LogP contribution is 2.21. The van der Waals surface area contributed by atoms with Crippen LogP contribution >= 0.6 is 0 Å². The third-order valence-electron chi connectivity index (χ3n) is 3.18. The van der Waals surface area contributed by atoms with Gasteiger partial charge in [0.05, 0.1) is 0 Å². The average molecular weight is 299 g/mol. The molecule has 0 aromatic rings. The highest BCUT2D eigenvalue weighted by molar-refractivity contribution is 5.91. The molecule has 7 heteroatoms. The fourth-order valence-corrected chi connectivity index (χ4v) is 2.17. The zero-order valence-electron chi connectivity index (χ0n) is 13.4. The van der Waals surface area contributed by atoms with Gasteiger partial charge in [0.25, 0.3) is 0 Å². The van der Waals surface area contributed by atoms with E-state index in [1.54, 1.807) is 27.7 Å². The minimum absolute atomic E-state index is 0.273. The highest BCUT2D eigenvalue weighted by atomic mass is 16.6. The smallest absolute Gasteiger partial charge is 0.410 e. The molecule has 7 nitrogen and oxygen atoms in total. The van der Waals surface area contributed by atoms with E-state index in [0.29, 0.717) is 13.0 Å². The maximum atomic E-state index is 12.2. The molecule has 21 heavy (non-hydrogen) atoms. The lowest BCUT2D eigenvalue weighted by atomic mass is 10.2. The molecule has 1 aliphatic heterocycles. The third-order valence-corrected chi connectivity index (χ3v) is 3.18. The Morgan fingerprint density at radius 2 is 1.90 bits per heavy atom. The summed E-state index contributed by atoms with van der Waals surface area (Å²) in [5, 5.41) is 5.09. The van der Waals surface area contributed by atoms with Crippen molar-refractivity contribution in [3.05, 3.63) is 0 Å². The molecule has 0 spiro atoms. The van der Waals surface area contributed by atoms with Crippen molar-refractivity contribution in [3.8, 4) is 0 Å². The van der Waals surface area contributed by atoms with Crippen LogP contribution in [-0.2, 0) is 14.3 Å². The van der Waals surface area contributed by atoms with Gasteiger partial charge < -0.3 is 15.4 Å². The van der Waals surface area contributed by atoms with Crippen LogP contribution in [0.2, 0.25) is 0 Å². The van der Waals surface area contributed by atoms with Gasteiger partial charge in [0.15, 0.2) is 0 Å². The molecule has 0 aliphatic carbocycles. The lowest BCUT2D eigenvalue weighted by Crippen LogP contribution is -2.52. The summed E-state index contributed by atoms with van der Waals surface area (Å²) >= 11 is 0. The molecule has 2 N–H and O–H groups in total. The molecule has 3 amide bonds. The first kappa shape index (κ1) is 17.3. The summed E-state index contributed by atoms with van der Waals surface area (Å²) in [6.45, 7) is 7.43. The topological polar surface area (TPSA) is 87.7 Å². The Morgan fingerprint density at radius 1 is 1.29 bits per heavy atom. The van der Waals surface area contributed by atoms with Crippen LogP contribution in [0.25, 0.3) is 0 Å². The van der Waals surface area contributed by atoms with Crippen molar-refractivity contribution >= 4 is 17.9 Å². The van der Waals surface area contributed by atoms with Gasteiger partial charge in [-0.15, -0.1) is 0 Å². The minimum Gasteiger partial charge on any atom is -0.444 e. The Bertz CT molecular complexity index is 417. The largest absolute Gasteiger partial charge is 0.444 e. The number of carbonyl (C=O) groups excluding carboxylic acids is 3. The van der Waals surface area contributed by atoms with Crippen molar-refractivity contribution in [2.45, 2.75) is 58.2 Å². The molecule has 1 rings (SSSR count). The molecule has 1 fully saturated rings. The number of nitrogens with zero attached hydrogens (tertiary/aromatic N) is 1. The van der Waals surface area contributed by atoms with Crippen molar-refractivity contribution in [3.63, 3.8) is 0 Å². The molecule has 0 saturated carbocycles. The molecular formula is C14H25N3O4. The van der Waals surface area contributed by atoms with Crippen LogP contribution in [0.4, 0.5) is 4.79 Å². The van der Waals surface area contributed by atoms with Gasteiger partial charge in [-0.05, 0) is 40.5 Å². The van der Waals surface area contributed by atoms with Gasteiger partial charge in [0.1, 0.15) is 17.7 Å². The number of likely N-dealkylation sites (tertiary alicyclic amines) is 1. The molecular weight excluding hydrogens is 274 g/mol. The van der Waals surface area contributed by atoms with Gasteiger partial charge in [-0.1, -0.05) is 0 Å². The maximum absolute atomic E-state index is 12.2. The number of likely N-dealkylation sites (N-methyl/N-ethyl adjacent to an activating group) is 1. The number of amides is 3. The number of nitrogens with one attached hydrogen (secondary N) is 2. The Morgan fingerprint density at radius 3 is 2.43 bits per heavy atom. The predicted molar refractivity (Wildman–Crippen MR) is 77.6 cm³/mol. The standard InChI is InChI=1S/C14H25N3O4/c1-9(11(18)15-5)16-12(19)10-7-6-8-17(10)13(20)21-14(2,3)4/h9-10H,6-8H2,1-5H3,(H,15,18)(H,16,19)/t9-,10-/m0/s1. The number of rotatable bonds is 3. The quantitative estimate of drug-likeness (QED) is 0.800. The van der Waals surface area contributed by atoms with Gasteiger partial charge in [0.2, 0.25) is 11.8 Å². The first-order valence-electron chi connectivity index (χ1n) is 7.17. The van der Waals surface area contributed by atoms with Gasteiger partial charge in [-0.2, -0.15) is 0 Å². The van der Waals surface area contributed by atoms with Crippen molar-refractivity contribution in [1.82, 2.24) is 15.5 Å². The second kappa shape index (κ2) is 6.78. The molecule has 0 aromatic carbocycles. The second-order valence-electron chi connectivity index (χ2n) is 6.18. The molecule has 0 bridgehead atoms. The van der Waals surface area contributed by atoms with E-state index in [2.05, 4.69) is 10.6 Å². The Kier molecular flexibility index (Phi) is 5.57. The third kappa shape index (κ3) is 4.91. The highest BCUT2D eigenvalue weighted by Gasteiger charge is 2.37. The summed E-state index contributed by atoms with van der Waals surface area (Å²) in [7, 11) is 1.51. The lowest BCUT2D eigenvalue weighted by Gasteiger charge is -2.28. The summed E-state index contributed by atoms with van der Waals surface area (Å²) in [6.07, 6.45) is 0.824. The Balaban J connectivity index is 2.66. The molecule has 1 aliphatic rings. The van der Waals surface area contributed by atoms with Crippen LogP contribution in [0.5, 0.6) is 0 Å². The fourth-order valence-electron chi connectivity index (χ4n) is 2.17. The normalized spacial score (nSPS) is 19.9. The zero-order chi connectivity index (χ0) is 16.2. The summed E-state index contributed by atoms with van der Waals surface area (Å²) in [5.74, 6) is -0.598. The first-order chi connectivity index (χ1) is 9.65. The van der Waals surface area contributed by atoms with E-state index in [-0.39, 0.29) is 11.8 Å². The number of hydrogen-bond acceptors (Lipinski definition) is 4. The van der Waals surface area contributed by atoms with Gasteiger partial charge in [-0.3, -0.25) is 14.5 Å². The molecule has 1 heterocycles. The predicted octanol–water partition coefficient (Wildman–Crippen LogP) is 0.637. The van der Waals surface area contributed by atoms with Crippen LogP contribution < -0.4 is 10.6 Å². The van der Waals surface area contributed by atoms with E-state index in [9.17, 15) is 14.4 Å². The number of carbonyl (C=O) groups is 3. The molecule has 0 radical (unpaired) electrons. The molecule has 120 valence electrons. The molecule has 0 unspecified atom stereocenters. The second-order valence-corrected chi connectivity index (χ2v) is 6.18. The van der Waals surface area contributed by atoms with E-state index in [1.165, 1.54) is 11.9 Å². The van der Waals surface area contributed by atoms with Crippen LogP contribution in [0, 0.1) is 0 Å². The molecule has 1 saturated heterocycles. The van der Waals surface area contributed by atoms with Crippen LogP contribution in [0.1, 0.15) is 40.5 Å². The van der Waals surface area contributed by atoms with Crippen LogP contribution in [0.3, 0.4) is 0 Å². The van der Waals surface area contributed by atoms with E-state index < -0.39 is 23.8 Å². The van der Waals surface area contributed by atoms with Crippen molar-refractivity contribution in [1.29, 1.82) is 0 Å². The summed E-state index contributed by atoms with van der Waals surface area (Å²) in [5.41, 5.74) is -0.601. The first-order valence-corrected chi connectivity index (χ1v) is 7.17. The fraction of sp³-hybridized carbons (Fsp3) is 0.786. The van der Waals surface area contributed by atoms with E-state index in [4.69, 9.17) is 4.74 Å². The minimum atomic E-state index is -0.636. The number of ether oxygens (including phenoxy) is 1. The SMILES string of the molecule is CNC(=O)[C@H](C)NC(=O)[C@@H]1CCCN1C(=O)OC(C)(C)C. The van der Waals surface area contributed by atoms with Crippen LogP contribution in [-0.4, -0.2) is 54.1 Å². The number of hydrogen-bond donors (Lipinski definition) is 2. The van der Waals surface area contributed by atoms with Crippen molar-refractivity contribution < 1.29 is 19.1 Å². The van der Waals surface area contributed by atoms with Crippen LogP contribution in [0.15, 0.2) is 0 Å². The summed E-state index contributed by atoms with van der Waals surface area (Å²) in [6, 6.07) is -1.21. The van der Waals surface area contributed by atoms with E-state index >= 15 is 0 Å². The summed E-state index contributed by atoms with van der Waals surface area (Å²) < 4.78 is 5.30. The zero-order valence-corrected chi connectivity index (χ0v) is 13.4. The maximum Gasteiger partial charge on any atom is 0.410 e. The summed E-state index contributed by atoms with van der Waals surface area (Å²) in [4.78, 5) is 37.2. The lowest BCUT2D eigenvalue weighted by molar-refractivity contribution is -0.130. The molecule has 2 atom stereocenters. The van der Waals surface area contributed by atoms with Gasteiger partial charge in [0, 0.05) is 13.6 Å².